The van der Waals surface area contributed by atoms with Crippen LogP contribution in [0, 0.1) is 5.92 Å². The molecule has 33 heavy (non-hydrogen) atoms. The molecule has 0 saturated carbocycles. The van der Waals surface area contributed by atoms with Crippen LogP contribution in [-0.2, 0) is 0 Å². The molecule has 4 rings (SSSR count). The van der Waals surface area contributed by atoms with Crippen molar-refractivity contribution in [2.75, 3.05) is 23.7 Å². The molecule has 0 aliphatic carbocycles. The lowest BCUT2D eigenvalue weighted by Crippen LogP contribution is -2.41. The number of para-hydroxylation sites is 1. The number of piperidine rings is 1. The fourth-order valence-electron chi connectivity index (χ4n) is 4.45. The van der Waals surface area contributed by atoms with Crippen LogP contribution in [0.5, 0.6) is 0 Å². The molecular weight excluding hydrogens is 455 g/mol. The van der Waals surface area contributed by atoms with E-state index in [0.29, 0.717) is 22.3 Å². The highest BCUT2D eigenvalue weighted by Gasteiger charge is 2.30. The largest absolute Gasteiger partial charge is 0.381 e. The summed E-state index contributed by atoms with van der Waals surface area (Å²) in [5.41, 5.74) is 2.62. The van der Waals surface area contributed by atoms with Gasteiger partial charge in [0.25, 0.3) is 5.91 Å². The first-order valence-electron chi connectivity index (χ1n) is 11.3. The minimum atomic E-state index is -0.212. The lowest BCUT2D eigenvalue weighted by atomic mass is 9.80. The number of hydrogen-bond donors (Lipinski definition) is 3. The van der Waals surface area contributed by atoms with Crippen molar-refractivity contribution >= 4 is 40.6 Å². The Morgan fingerprint density at radius 2 is 1.70 bits per heavy atom. The predicted molar refractivity (Wildman–Crippen MR) is 137 cm³/mol. The summed E-state index contributed by atoms with van der Waals surface area (Å²) in [6.07, 6.45) is 3.68. The number of halogens is 2. The van der Waals surface area contributed by atoms with Crippen molar-refractivity contribution in [2.45, 2.75) is 31.7 Å². The van der Waals surface area contributed by atoms with Crippen LogP contribution in [0.25, 0.3) is 0 Å². The zero-order valence-corrected chi connectivity index (χ0v) is 20.0. The van der Waals surface area contributed by atoms with E-state index in [1.165, 1.54) is 11.8 Å². The predicted octanol–water partition coefficient (Wildman–Crippen LogP) is 6.22. The summed E-state index contributed by atoms with van der Waals surface area (Å²) in [6, 6.07) is 19.2. The van der Waals surface area contributed by atoms with Crippen molar-refractivity contribution in [3.05, 3.63) is 88.0 Å². The third-order valence-electron chi connectivity index (χ3n) is 6.29. The molecular formula is C26H28Cl2N4O. The van der Waals surface area contributed by atoms with E-state index in [0.717, 1.165) is 36.6 Å². The van der Waals surface area contributed by atoms with Crippen LogP contribution in [0.15, 0.2) is 66.9 Å². The number of carbonyl (C=O) groups excluding carboxylic acids is 1. The van der Waals surface area contributed by atoms with Crippen LogP contribution in [0.4, 0.5) is 11.5 Å². The van der Waals surface area contributed by atoms with E-state index < -0.39 is 0 Å². The van der Waals surface area contributed by atoms with Crippen LogP contribution in [0.1, 0.15) is 41.6 Å². The second-order valence-corrected chi connectivity index (χ2v) is 9.33. The summed E-state index contributed by atoms with van der Waals surface area (Å²) >= 11 is 12.0. The number of anilines is 2. The summed E-state index contributed by atoms with van der Waals surface area (Å²) < 4.78 is 0. The van der Waals surface area contributed by atoms with E-state index in [1.807, 2.05) is 36.4 Å². The molecule has 7 heteroatoms. The van der Waals surface area contributed by atoms with Crippen molar-refractivity contribution in [3.8, 4) is 0 Å². The number of rotatable bonds is 7. The molecule has 1 saturated heterocycles. The van der Waals surface area contributed by atoms with Gasteiger partial charge in [0.1, 0.15) is 5.82 Å². The van der Waals surface area contributed by atoms with Crippen LogP contribution in [0.2, 0.25) is 10.0 Å². The Hall–Kier alpha value is -2.60. The molecule has 2 unspecified atom stereocenters. The molecule has 1 aromatic heterocycles. The summed E-state index contributed by atoms with van der Waals surface area (Å²) in [4.78, 5) is 17.3. The Morgan fingerprint density at radius 3 is 2.39 bits per heavy atom. The first kappa shape index (κ1) is 23.6. The lowest BCUT2D eigenvalue weighted by molar-refractivity contribution is 0.102. The van der Waals surface area contributed by atoms with E-state index in [9.17, 15) is 4.79 Å². The lowest BCUT2D eigenvalue weighted by Gasteiger charge is -2.36. The molecule has 2 atom stereocenters. The summed E-state index contributed by atoms with van der Waals surface area (Å²) in [5, 5.41) is 11.3. The van der Waals surface area contributed by atoms with Crippen LogP contribution in [0.3, 0.4) is 0 Å². The number of aromatic nitrogens is 1. The second kappa shape index (κ2) is 11.0. The van der Waals surface area contributed by atoms with E-state index >= 15 is 0 Å². The monoisotopic (exact) mass is 482 g/mol. The normalized spacial score (nSPS) is 16.1. The average Bonchev–Trinajstić information content (AvgIpc) is 2.85. The van der Waals surface area contributed by atoms with E-state index in [2.05, 4.69) is 40.0 Å². The van der Waals surface area contributed by atoms with Crippen molar-refractivity contribution in [2.24, 2.45) is 5.92 Å². The highest BCUT2D eigenvalue weighted by atomic mass is 35.5. The zero-order chi connectivity index (χ0) is 23.2. The van der Waals surface area contributed by atoms with E-state index in [1.54, 1.807) is 12.1 Å². The maximum absolute atomic E-state index is 13.1. The molecule has 5 nitrogen and oxygen atoms in total. The molecule has 0 radical (unpaired) electrons. The van der Waals surface area contributed by atoms with Crippen LogP contribution < -0.4 is 16.0 Å². The molecule has 3 aromatic rings. The Kier molecular flexibility index (Phi) is 7.86. The average molecular weight is 483 g/mol. The van der Waals surface area contributed by atoms with Gasteiger partial charge in [0.15, 0.2) is 0 Å². The maximum Gasteiger partial charge on any atom is 0.258 e. The third kappa shape index (κ3) is 6.05. The molecule has 1 fully saturated rings. The highest BCUT2D eigenvalue weighted by molar-refractivity contribution is 6.30. The highest BCUT2D eigenvalue weighted by Crippen LogP contribution is 2.33. The van der Waals surface area contributed by atoms with Gasteiger partial charge in [0, 0.05) is 28.9 Å². The first-order valence-corrected chi connectivity index (χ1v) is 12.0. The van der Waals surface area contributed by atoms with Gasteiger partial charge in [-0.2, -0.15) is 0 Å². The van der Waals surface area contributed by atoms with Crippen molar-refractivity contribution in [3.63, 3.8) is 0 Å². The molecule has 1 aliphatic rings. The van der Waals surface area contributed by atoms with Gasteiger partial charge >= 0.3 is 0 Å². The first-order chi connectivity index (χ1) is 16.0. The van der Waals surface area contributed by atoms with E-state index in [4.69, 9.17) is 23.2 Å². The van der Waals surface area contributed by atoms with Crippen molar-refractivity contribution < 1.29 is 4.79 Å². The second-order valence-electron chi connectivity index (χ2n) is 8.46. The standard InChI is InChI=1S/C26H28Cl2N4O/c1-17(18-6-8-20(27)9-7-18)25(19-12-14-29-15-13-19)31-23-5-3-2-4-22(23)26(33)32-24-11-10-21(28)16-30-24/h2-11,16-17,19,25,29,31H,12-15H2,1H3,(H,30,32,33). The topological polar surface area (TPSA) is 66.0 Å². The fraction of sp³-hybridized carbons (Fsp3) is 0.308. The smallest absolute Gasteiger partial charge is 0.258 e. The quantitative estimate of drug-likeness (QED) is 0.373. The number of amides is 1. The number of benzene rings is 2. The number of carbonyl (C=O) groups is 1. The molecule has 3 N–H and O–H groups in total. The molecule has 2 heterocycles. The number of hydrogen-bond acceptors (Lipinski definition) is 4. The minimum Gasteiger partial charge on any atom is -0.381 e. The Labute approximate surface area is 204 Å². The SMILES string of the molecule is CC(c1ccc(Cl)cc1)C(Nc1ccccc1C(=O)Nc1ccc(Cl)cn1)C1CCNCC1. The summed E-state index contributed by atoms with van der Waals surface area (Å²) in [6.45, 7) is 4.24. The zero-order valence-electron chi connectivity index (χ0n) is 18.5. The molecule has 0 bridgehead atoms. The van der Waals surface area contributed by atoms with Gasteiger partial charge in [-0.3, -0.25) is 4.79 Å². The number of nitrogens with one attached hydrogen (secondary N) is 3. The summed E-state index contributed by atoms with van der Waals surface area (Å²) in [5.74, 6) is 0.963. The third-order valence-corrected chi connectivity index (χ3v) is 6.76. The number of pyridine rings is 1. The minimum absolute atomic E-state index is 0.163. The van der Waals surface area contributed by atoms with Crippen molar-refractivity contribution in [1.82, 2.24) is 10.3 Å². The van der Waals surface area contributed by atoms with Crippen LogP contribution in [-0.4, -0.2) is 30.0 Å². The van der Waals surface area contributed by atoms with Crippen LogP contribution >= 0.6 is 23.2 Å². The molecule has 2 aromatic carbocycles. The van der Waals surface area contributed by atoms with Gasteiger partial charge in [-0.15, -0.1) is 0 Å². The molecule has 1 aliphatic heterocycles. The van der Waals surface area contributed by atoms with Gasteiger partial charge in [-0.05, 0) is 73.8 Å². The number of nitrogens with zero attached hydrogens (tertiary/aromatic N) is 1. The Balaban J connectivity index is 1.59. The summed E-state index contributed by atoms with van der Waals surface area (Å²) in [7, 11) is 0. The van der Waals surface area contributed by atoms with Crippen molar-refractivity contribution in [1.29, 1.82) is 0 Å². The fourth-order valence-corrected chi connectivity index (χ4v) is 4.69. The van der Waals surface area contributed by atoms with E-state index in [-0.39, 0.29) is 17.9 Å². The van der Waals surface area contributed by atoms with Gasteiger partial charge in [-0.1, -0.05) is 54.4 Å². The Morgan fingerprint density at radius 1 is 1.00 bits per heavy atom. The molecule has 1 amide bonds. The van der Waals surface area contributed by atoms with Gasteiger partial charge in [0.2, 0.25) is 0 Å². The Bertz CT molecular complexity index is 1070. The molecule has 172 valence electrons. The van der Waals surface area contributed by atoms with Gasteiger partial charge < -0.3 is 16.0 Å². The maximum atomic E-state index is 13.1. The van der Waals surface area contributed by atoms with Gasteiger partial charge in [-0.25, -0.2) is 4.98 Å². The van der Waals surface area contributed by atoms with Gasteiger partial charge in [0.05, 0.1) is 10.6 Å². The molecule has 0 spiro atoms.